The van der Waals surface area contributed by atoms with Gasteiger partial charge in [0.05, 0.1) is 10.9 Å². The number of nitrogens with one attached hydrogen (secondary N) is 2. The van der Waals surface area contributed by atoms with E-state index in [4.69, 9.17) is 9.47 Å². The summed E-state index contributed by atoms with van der Waals surface area (Å²) in [4.78, 5) is 12.9. The van der Waals surface area contributed by atoms with Crippen LogP contribution in [0.3, 0.4) is 0 Å². The Hall–Kier alpha value is -3.36. The maximum Gasteiger partial charge on any atom is 0.241 e. The fourth-order valence-corrected chi connectivity index (χ4v) is 4.48. The van der Waals surface area contributed by atoms with Crippen molar-refractivity contribution in [3.05, 3.63) is 83.9 Å². The van der Waals surface area contributed by atoms with Crippen LogP contribution in [0.15, 0.2) is 77.7 Å². The number of carbonyl (C=O) groups excluding carboxylic acids is 1. The van der Waals surface area contributed by atoms with Crippen molar-refractivity contribution in [1.29, 1.82) is 0 Å². The molecule has 1 aliphatic heterocycles. The van der Waals surface area contributed by atoms with Crippen LogP contribution in [0.5, 0.6) is 11.5 Å². The number of carbonyl (C=O) groups is 1. The lowest BCUT2D eigenvalue weighted by molar-refractivity contribution is -0.116. The third-order valence-corrected chi connectivity index (χ3v) is 6.36. The summed E-state index contributed by atoms with van der Waals surface area (Å²) in [6.07, 6.45) is -0.0798. The summed E-state index contributed by atoms with van der Waals surface area (Å²) in [5.41, 5.74) is 2.20. The van der Waals surface area contributed by atoms with Crippen LogP contribution in [0.1, 0.15) is 23.6 Å². The molecule has 1 amide bonds. The number of anilines is 1. The van der Waals surface area contributed by atoms with Gasteiger partial charge in [-0.2, -0.15) is 0 Å². The summed E-state index contributed by atoms with van der Waals surface area (Å²) in [6.45, 7) is 2.03. The quantitative estimate of drug-likeness (QED) is 0.586. The number of amides is 1. The maximum atomic E-state index is 12.9. The summed E-state index contributed by atoms with van der Waals surface area (Å²) in [5, 5.41) is 2.80. The van der Waals surface area contributed by atoms with Gasteiger partial charge < -0.3 is 14.8 Å². The van der Waals surface area contributed by atoms with Gasteiger partial charge in [0.1, 0.15) is 0 Å². The van der Waals surface area contributed by atoms with Gasteiger partial charge in [-0.15, -0.1) is 0 Å². The minimum atomic E-state index is -3.82. The molecular weight excluding hydrogens is 416 g/mol. The van der Waals surface area contributed by atoms with E-state index in [1.165, 1.54) is 0 Å². The highest BCUT2D eigenvalue weighted by Crippen LogP contribution is 2.34. The van der Waals surface area contributed by atoms with Crippen molar-refractivity contribution < 1.29 is 22.7 Å². The van der Waals surface area contributed by atoms with E-state index in [-0.39, 0.29) is 24.0 Å². The average Bonchev–Trinajstić information content (AvgIpc) is 3.22. The molecule has 0 aliphatic carbocycles. The summed E-state index contributed by atoms with van der Waals surface area (Å²) < 4.78 is 39.1. The van der Waals surface area contributed by atoms with Crippen molar-refractivity contribution in [3.63, 3.8) is 0 Å². The first-order valence-corrected chi connectivity index (χ1v) is 11.2. The molecule has 3 aromatic rings. The molecule has 0 bridgehead atoms. The number of aryl methyl sites for hydroxylation is 1. The Kier molecular flexibility index (Phi) is 5.92. The van der Waals surface area contributed by atoms with Gasteiger partial charge in [-0.05, 0) is 36.8 Å². The van der Waals surface area contributed by atoms with Crippen LogP contribution in [0.25, 0.3) is 0 Å². The topological polar surface area (TPSA) is 93.7 Å². The molecule has 1 aliphatic rings. The Morgan fingerprint density at radius 2 is 1.68 bits per heavy atom. The molecule has 8 heteroatoms. The fraction of sp³-hybridized carbons (Fsp3) is 0.174. The largest absolute Gasteiger partial charge is 0.454 e. The summed E-state index contributed by atoms with van der Waals surface area (Å²) >= 11 is 0. The summed E-state index contributed by atoms with van der Waals surface area (Å²) in [5.74, 6) is 0.836. The number of rotatable bonds is 7. The highest BCUT2D eigenvalue weighted by molar-refractivity contribution is 7.89. The second kappa shape index (κ2) is 8.79. The smallest absolute Gasteiger partial charge is 0.241 e. The molecule has 0 fully saturated rings. The molecule has 1 heterocycles. The molecule has 4 rings (SSSR count). The minimum Gasteiger partial charge on any atom is -0.454 e. The molecule has 0 aromatic heterocycles. The predicted molar refractivity (Wildman–Crippen MR) is 116 cm³/mol. The fourth-order valence-electron chi connectivity index (χ4n) is 3.26. The highest BCUT2D eigenvalue weighted by atomic mass is 32.2. The van der Waals surface area contributed by atoms with Crippen LogP contribution in [0.2, 0.25) is 0 Å². The molecule has 0 saturated heterocycles. The maximum absolute atomic E-state index is 12.9. The van der Waals surface area contributed by atoms with Gasteiger partial charge in [-0.1, -0.05) is 48.0 Å². The van der Waals surface area contributed by atoms with Crippen molar-refractivity contribution in [2.45, 2.75) is 24.3 Å². The van der Waals surface area contributed by atoms with E-state index in [1.807, 2.05) is 13.0 Å². The molecule has 3 aromatic carbocycles. The third-order valence-electron chi connectivity index (χ3n) is 4.88. The predicted octanol–water partition coefficient (Wildman–Crippen LogP) is 3.77. The Labute approximate surface area is 181 Å². The number of hydrogen-bond acceptors (Lipinski definition) is 5. The lowest BCUT2D eigenvalue weighted by atomic mass is 10.0. The minimum absolute atomic E-state index is 0.0798. The number of hydrogen-bond donors (Lipinski definition) is 2. The molecule has 31 heavy (non-hydrogen) atoms. The molecular formula is C23H22N2O5S. The van der Waals surface area contributed by atoms with Crippen molar-refractivity contribution in [1.82, 2.24) is 4.72 Å². The Balaban J connectivity index is 1.52. The van der Waals surface area contributed by atoms with Gasteiger partial charge in [-0.3, -0.25) is 4.79 Å². The highest BCUT2D eigenvalue weighted by Gasteiger charge is 2.24. The SMILES string of the molecule is Cc1ccc(S(=O)(=O)N[C@@H](CC(=O)Nc2ccc3c(c2)OCO3)c2ccccc2)cc1. The Morgan fingerprint density at radius 3 is 2.42 bits per heavy atom. The van der Waals surface area contributed by atoms with E-state index >= 15 is 0 Å². The normalized spacial score (nSPS) is 13.6. The van der Waals surface area contributed by atoms with Crippen LogP contribution in [0, 0.1) is 6.92 Å². The Bertz CT molecular complexity index is 1180. The van der Waals surface area contributed by atoms with E-state index in [0.29, 0.717) is 22.7 Å². The summed E-state index contributed by atoms with van der Waals surface area (Å²) in [7, 11) is -3.82. The van der Waals surface area contributed by atoms with Gasteiger partial charge >= 0.3 is 0 Å². The summed E-state index contributed by atoms with van der Waals surface area (Å²) in [6, 6.07) is 19.9. The lowest BCUT2D eigenvalue weighted by Gasteiger charge is -2.19. The molecule has 1 atom stereocenters. The molecule has 2 N–H and O–H groups in total. The molecule has 0 unspecified atom stereocenters. The van der Waals surface area contributed by atoms with Gasteiger partial charge in [0, 0.05) is 18.2 Å². The lowest BCUT2D eigenvalue weighted by Crippen LogP contribution is -2.31. The van der Waals surface area contributed by atoms with Gasteiger partial charge in [0.15, 0.2) is 11.5 Å². The van der Waals surface area contributed by atoms with Gasteiger partial charge in [-0.25, -0.2) is 13.1 Å². The molecule has 0 saturated carbocycles. The van der Waals surface area contributed by atoms with Crippen molar-refractivity contribution in [2.24, 2.45) is 0 Å². The second-order valence-electron chi connectivity index (χ2n) is 7.22. The van der Waals surface area contributed by atoms with E-state index in [9.17, 15) is 13.2 Å². The number of ether oxygens (including phenoxy) is 2. The molecule has 7 nitrogen and oxygen atoms in total. The van der Waals surface area contributed by atoms with Crippen molar-refractivity contribution in [3.8, 4) is 11.5 Å². The first kappa shape index (κ1) is 20.9. The molecule has 0 radical (unpaired) electrons. The zero-order chi connectivity index (χ0) is 21.8. The van der Waals surface area contributed by atoms with Crippen LogP contribution in [-0.4, -0.2) is 21.1 Å². The van der Waals surface area contributed by atoms with Crippen molar-refractivity contribution >= 4 is 21.6 Å². The number of benzene rings is 3. The van der Waals surface area contributed by atoms with E-state index in [1.54, 1.807) is 66.7 Å². The monoisotopic (exact) mass is 438 g/mol. The number of sulfonamides is 1. The van der Waals surface area contributed by atoms with Crippen LogP contribution in [0.4, 0.5) is 5.69 Å². The van der Waals surface area contributed by atoms with Gasteiger partial charge in [0.2, 0.25) is 22.7 Å². The number of fused-ring (bicyclic) bond motifs is 1. The van der Waals surface area contributed by atoms with Crippen LogP contribution < -0.4 is 19.5 Å². The standard InChI is InChI=1S/C23H22N2O5S/c1-16-7-10-19(11-8-16)31(27,28)25-20(17-5-3-2-4-6-17)14-23(26)24-18-9-12-21-22(13-18)30-15-29-21/h2-13,20,25H,14-15H2,1H3,(H,24,26)/t20-/m0/s1. The Morgan fingerprint density at radius 1 is 0.968 bits per heavy atom. The molecule has 160 valence electrons. The molecule has 0 spiro atoms. The first-order valence-electron chi connectivity index (χ1n) is 9.74. The third kappa shape index (κ3) is 5.04. The zero-order valence-corrected chi connectivity index (χ0v) is 17.7. The zero-order valence-electron chi connectivity index (χ0n) is 16.9. The van der Waals surface area contributed by atoms with Crippen LogP contribution >= 0.6 is 0 Å². The average molecular weight is 439 g/mol. The van der Waals surface area contributed by atoms with Crippen molar-refractivity contribution in [2.75, 3.05) is 12.1 Å². The first-order chi connectivity index (χ1) is 14.9. The van der Waals surface area contributed by atoms with E-state index in [2.05, 4.69) is 10.0 Å². The van der Waals surface area contributed by atoms with E-state index in [0.717, 1.165) is 5.56 Å². The van der Waals surface area contributed by atoms with E-state index < -0.39 is 16.1 Å². The van der Waals surface area contributed by atoms with Gasteiger partial charge in [0.25, 0.3) is 0 Å². The van der Waals surface area contributed by atoms with Crippen LogP contribution in [-0.2, 0) is 14.8 Å². The second-order valence-corrected chi connectivity index (χ2v) is 8.93.